The molecule has 1 fully saturated rings. The van der Waals surface area contributed by atoms with E-state index in [4.69, 9.17) is 0 Å². The van der Waals surface area contributed by atoms with Crippen LogP contribution in [0.15, 0.2) is 48.5 Å². The lowest BCUT2D eigenvalue weighted by Crippen LogP contribution is -2.48. The van der Waals surface area contributed by atoms with Gasteiger partial charge in [0.2, 0.25) is 0 Å². The fourth-order valence-corrected chi connectivity index (χ4v) is 4.48. The Morgan fingerprint density at radius 3 is 2.52 bits per heavy atom. The van der Waals surface area contributed by atoms with E-state index in [0.29, 0.717) is 6.54 Å². The number of benzene rings is 2. The molecule has 0 saturated carbocycles. The Kier molecular flexibility index (Phi) is 6.16. The molecule has 2 aromatic rings. The second-order valence-electron chi connectivity index (χ2n) is 8.34. The molecule has 1 N–H and O–H groups in total. The minimum absolute atomic E-state index is 0.00224. The fourth-order valence-electron chi connectivity index (χ4n) is 4.48. The van der Waals surface area contributed by atoms with E-state index < -0.39 is 0 Å². The van der Waals surface area contributed by atoms with Crippen molar-refractivity contribution in [2.24, 2.45) is 0 Å². The highest BCUT2D eigenvalue weighted by Crippen LogP contribution is 2.31. The van der Waals surface area contributed by atoms with Crippen LogP contribution < -0.4 is 10.2 Å². The van der Waals surface area contributed by atoms with Crippen LogP contribution >= 0.6 is 0 Å². The van der Waals surface area contributed by atoms with Crippen LogP contribution in [0.25, 0.3) is 0 Å². The lowest BCUT2D eigenvalue weighted by atomic mass is 9.95. The molecule has 2 aliphatic rings. The van der Waals surface area contributed by atoms with Gasteiger partial charge in [0, 0.05) is 57.6 Å². The first-order chi connectivity index (χ1) is 14.1. The molecule has 4 rings (SSSR count). The van der Waals surface area contributed by atoms with Crippen LogP contribution in [0.5, 0.6) is 0 Å². The number of amides is 1. The number of hydrogen-bond donors (Lipinski definition) is 1. The minimum Gasteiger partial charge on any atom is -0.374 e. The lowest BCUT2D eigenvalue weighted by molar-refractivity contribution is 0.0886. The highest BCUT2D eigenvalue weighted by Gasteiger charge is 2.26. The van der Waals surface area contributed by atoms with Crippen molar-refractivity contribution in [2.45, 2.75) is 18.9 Å². The zero-order valence-electron chi connectivity index (χ0n) is 17.6. The van der Waals surface area contributed by atoms with Crippen molar-refractivity contribution in [1.29, 1.82) is 0 Å². The SMILES string of the molecule is CN1CCN([C@H](CNC(=O)c2ccccc2)c2ccc3c(c2)CCCN3C)CC1. The molecule has 0 aliphatic carbocycles. The summed E-state index contributed by atoms with van der Waals surface area (Å²) in [4.78, 5) is 19.9. The largest absolute Gasteiger partial charge is 0.374 e. The predicted octanol–water partition coefficient (Wildman–Crippen LogP) is 2.79. The Balaban J connectivity index is 1.54. The Bertz CT molecular complexity index is 830. The third-order valence-electron chi connectivity index (χ3n) is 6.31. The number of carbonyl (C=O) groups is 1. The number of rotatable bonds is 5. The van der Waals surface area contributed by atoms with Gasteiger partial charge in [0.1, 0.15) is 0 Å². The third-order valence-corrected chi connectivity index (χ3v) is 6.31. The van der Waals surface area contributed by atoms with Gasteiger partial charge in [0.05, 0.1) is 6.04 Å². The molecule has 1 amide bonds. The number of piperazine rings is 1. The molecule has 29 heavy (non-hydrogen) atoms. The van der Waals surface area contributed by atoms with Crippen molar-refractivity contribution >= 4 is 11.6 Å². The number of nitrogens with one attached hydrogen (secondary N) is 1. The Morgan fingerprint density at radius 1 is 1.00 bits per heavy atom. The molecule has 0 unspecified atom stereocenters. The van der Waals surface area contributed by atoms with Crippen LogP contribution in [0, 0.1) is 0 Å². The molecular formula is C24H32N4O. The maximum Gasteiger partial charge on any atom is 0.251 e. The number of hydrogen-bond acceptors (Lipinski definition) is 4. The average Bonchev–Trinajstić information content (AvgIpc) is 2.75. The van der Waals surface area contributed by atoms with Gasteiger partial charge in [0.25, 0.3) is 5.91 Å². The highest BCUT2D eigenvalue weighted by atomic mass is 16.1. The van der Waals surface area contributed by atoms with Crippen molar-refractivity contribution in [3.63, 3.8) is 0 Å². The molecule has 1 atom stereocenters. The smallest absolute Gasteiger partial charge is 0.251 e. The predicted molar refractivity (Wildman–Crippen MR) is 119 cm³/mol. The fraction of sp³-hybridized carbons (Fsp3) is 0.458. The van der Waals surface area contributed by atoms with Gasteiger partial charge >= 0.3 is 0 Å². The summed E-state index contributed by atoms with van der Waals surface area (Å²) in [7, 11) is 4.36. The maximum atomic E-state index is 12.6. The summed E-state index contributed by atoms with van der Waals surface area (Å²) >= 11 is 0. The number of carbonyl (C=O) groups excluding carboxylic acids is 1. The van der Waals surface area contributed by atoms with Gasteiger partial charge in [-0.15, -0.1) is 0 Å². The molecular weight excluding hydrogens is 360 g/mol. The second-order valence-corrected chi connectivity index (χ2v) is 8.34. The first-order valence-corrected chi connectivity index (χ1v) is 10.7. The van der Waals surface area contributed by atoms with Crippen molar-refractivity contribution in [1.82, 2.24) is 15.1 Å². The number of fused-ring (bicyclic) bond motifs is 1. The molecule has 1 saturated heterocycles. The van der Waals surface area contributed by atoms with E-state index >= 15 is 0 Å². The summed E-state index contributed by atoms with van der Waals surface area (Å²) in [5, 5.41) is 3.19. The van der Waals surface area contributed by atoms with Crippen molar-refractivity contribution < 1.29 is 4.79 Å². The quantitative estimate of drug-likeness (QED) is 0.849. The maximum absolute atomic E-state index is 12.6. The van der Waals surface area contributed by atoms with E-state index in [2.05, 4.69) is 52.3 Å². The molecule has 0 bridgehead atoms. The first-order valence-electron chi connectivity index (χ1n) is 10.7. The van der Waals surface area contributed by atoms with Crippen LogP contribution in [0.1, 0.15) is 33.9 Å². The zero-order valence-corrected chi connectivity index (χ0v) is 17.6. The van der Waals surface area contributed by atoms with Crippen LogP contribution in [-0.4, -0.2) is 69.1 Å². The highest BCUT2D eigenvalue weighted by molar-refractivity contribution is 5.94. The van der Waals surface area contributed by atoms with Crippen molar-refractivity contribution in [3.05, 3.63) is 65.2 Å². The van der Waals surface area contributed by atoms with E-state index in [9.17, 15) is 4.79 Å². The van der Waals surface area contributed by atoms with Gasteiger partial charge in [-0.1, -0.05) is 30.3 Å². The number of aryl methyl sites for hydroxylation is 1. The molecule has 2 aromatic carbocycles. The zero-order chi connectivity index (χ0) is 20.2. The molecule has 0 aromatic heterocycles. The van der Waals surface area contributed by atoms with Gasteiger partial charge < -0.3 is 15.1 Å². The van der Waals surface area contributed by atoms with E-state index in [1.165, 1.54) is 23.2 Å². The van der Waals surface area contributed by atoms with Gasteiger partial charge in [-0.2, -0.15) is 0 Å². The summed E-state index contributed by atoms with van der Waals surface area (Å²) < 4.78 is 0. The Labute approximate surface area is 174 Å². The topological polar surface area (TPSA) is 38.8 Å². The van der Waals surface area contributed by atoms with Crippen LogP contribution in [0.3, 0.4) is 0 Å². The number of anilines is 1. The molecule has 0 spiro atoms. The van der Waals surface area contributed by atoms with E-state index in [0.717, 1.165) is 44.7 Å². The number of nitrogens with zero attached hydrogens (tertiary/aromatic N) is 3. The average molecular weight is 393 g/mol. The molecule has 154 valence electrons. The summed E-state index contributed by atoms with van der Waals surface area (Å²) in [5.74, 6) is 0.00224. The van der Waals surface area contributed by atoms with Gasteiger partial charge in [-0.25, -0.2) is 0 Å². The first kappa shape index (κ1) is 19.9. The molecule has 0 radical (unpaired) electrons. The molecule has 2 heterocycles. The van der Waals surface area contributed by atoms with E-state index in [1.54, 1.807) is 0 Å². The van der Waals surface area contributed by atoms with Crippen LogP contribution in [-0.2, 0) is 6.42 Å². The van der Waals surface area contributed by atoms with Crippen molar-refractivity contribution in [3.8, 4) is 0 Å². The summed E-state index contributed by atoms with van der Waals surface area (Å²) in [6, 6.07) is 16.6. The van der Waals surface area contributed by atoms with E-state index in [-0.39, 0.29) is 11.9 Å². The van der Waals surface area contributed by atoms with Gasteiger partial charge in [0.15, 0.2) is 0 Å². The molecule has 2 aliphatic heterocycles. The summed E-state index contributed by atoms with van der Waals surface area (Å²) in [6.45, 7) is 5.94. The second kappa shape index (κ2) is 8.97. The Morgan fingerprint density at radius 2 is 1.76 bits per heavy atom. The monoisotopic (exact) mass is 392 g/mol. The molecule has 5 nitrogen and oxygen atoms in total. The van der Waals surface area contributed by atoms with Gasteiger partial charge in [-0.3, -0.25) is 9.69 Å². The van der Waals surface area contributed by atoms with Crippen LogP contribution in [0.4, 0.5) is 5.69 Å². The molecule has 5 heteroatoms. The lowest BCUT2D eigenvalue weighted by Gasteiger charge is -2.39. The van der Waals surface area contributed by atoms with Gasteiger partial charge in [-0.05, 0) is 49.2 Å². The third kappa shape index (κ3) is 4.62. The van der Waals surface area contributed by atoms with Crippen molar-refractivity contribution in [2.75, 3.05) is 58.3 Å². The standard InChI is InChI=1S/C24H32N4O/c1-26-13-15-28(16-14-26)23(18-25-24(29)19-7-4-3-5-8-19)21-10-11-22-20(17-21)9-6-12-27(22)2/h3-5,7-8,10-11,17,23H,6,9,12-16,18H2,1-2H3,(H,25,29)/t23-/m1/s1. The normalized spacial score (nSPS) is 18.9. The minimum atomic E-state index is 0.00224. The summed E-state index contributed by atoms with van der Waals surface area (Å²) in [6.07, 6.45) is 2.34. The Hall–Kier alpha value is -2.37. The number of likely N-dealkylation sites (N-methyl/N-ethyl adjacent to an activating group) is 1. The van der Waals surface area contributed by atoms with Crippen LogP contribution in [0.2, 0.25) is 0 Å². The van der Waals surface area contributed by atoms with E-state index in [1.807, 2.05) is 30.3 Å². The summed E-state index contributed by atoms with van der Waals surface area (Å²) in [5.41, 5.74) is 4.82.